The number of hydrogen-bond acceptors (Lipinski definition) is 3. The molecule has 1 saturated heterocycles. The molecule has 0 bridgehead atoms. The van der Waals surface area contributed by atoms with Crippen LogP contribution in [0.15, 0.2) is 24.3 Å². The van der Waals surface area contributed by atoms with Crippen LogP contribution in [-0.4, -0.2) is 42.4 Å². The number of benzene rings is 1. The van der Waals surface area contributed by atoms with Gasteiger partial charge in [-0.05, 0) is 37.4 Å². The van der Waals surface area contributed by atoms with Gasteiger partial charge in [0, 0.05) is 18.7 Å². The van der Waals surface area contributed by atoms with Gasteiger partial charge in [0.15, 0.2) is 0 Å². The fourth-order valence-electron chi connectivity index (χ4n) is 3.26. The number of hydrogen-bond donors (Lipinski definition) is 1. The molecule has 3 heteroatoms. The Hall–Kier alpha value is -0.900. The molecule has 3 atom stereocenters. The summed E-state index contributed by atoms with van der Waals surface area (Å²) in [4.78, 5) is 2.33. The smallest absolute Gasteiger partial charge is 0.0947 e. The Morgan fingerprint density at radius 3 is 2.89 bits per heavy atom. The minimum atomic E-state index is -0.361. The summed E-state index contributed by atoms with van der Waals surface area (Å²) in [5.74, 6) is 0. The zero-order chi connectivity index (χ0) is 12.5. The number of aryl methyl sites for hydroxylation is 1. The van der Waals surface area contributed by atoms with E-state index in [-0.39, 0.29) is 12.1 Å². The molecule has 1 aliphatic carbocycles. The molecular weight excluding hydrogens is 226 g/mol. The van der Waals surface area contributed by atoms with Crippen LogP contribution < -0.4 is 0 Å². The maximum absolute atomic E-state index is 10.6. The highest BCUT2D eigenvalue weighted by Gasteiger charge is 2.34. The molecule has 2 aliphatic rings. The first kappa shape index (κ1) is 12.2. The van der Waals surface area contributed by atoms with Gasteiger partial charge in [0.05, 0.1) is 12.7 Å². The predicted octanol–water partition coefficient (Wildman–Crippen LogP) is 1.76. The van der Waals surface area contributed by atoms with E-state index in [4.69, 9.17) is 4.74 Å². The van der Waals surface area contributed by atoms with Crippen LogP contribution in [0.2, 0.25) is 0 Å². The molecule has 1 aromatic carbocycles. The summed E-state index contributed by atoms with van der Waals surface area (Å²) in [5, 5.41) is 10.6. The van der Waals surface area contributed by atoms with Crippen molar-refractivity contribution in [1.82, 2.24) is 4.90 Å². The lowest BCUT2D eigenvalue weighted by atomic mass is 9.84. The van der Waals surface area contributed by atoms with Gasteiger partial charge in [0.25, 0.3) is 0 Å². The Balaban J connectivity index is 1.79. The normalized spacial score (nSPS) is 31.6. The van der Waals surface area contributed by atoms with Gasteiger partial charge in [-0.3, -0.25) is 4.90 Å². The molecule has 1 N–H and O–H groups in total. The van der Waals surface area contributed by atoms with Crippen molar-refractivity contribution in [2.24, 2.45) is 0 Å². The van der Waals surface area contributed by atoms with Crippen molar-refractivity contribution in [1.29, 1.82) is 0 Å². The highest BCUT2D eigenvalue weighted by atomic mass is 16.5. The first-order valence-corrected chi connectivity index (χ1v) is 6.83. The molecule has 0 radical (unpaired) electrons. The lowest BCUT2D eigenvalue weighted by Crippen LogP contribution is -2.45. The van der Waals surface area contributed by atoms with Gasteiger partial charge >= 0.3 is 0 Å². The van der Waals surface area contributed by atoms with Crippen LogP contribution in [0.3, 0.4) is 0 Å². The minimum Gasteiger partial charge on any atom is -0.387 e. The van der Waals surface area contributed by atoms with E-state index in [0.29, 0.717) is 6.04 Å². The van der Waals surface area contributed by atoms with E-state index in [1.165, 1.54) is 5.56 Å². The Kier molecular flexibility index (Phi) is 3.37. The summed E-state index contributed by atoms with van der Waals surface area (Å²) in [6, 6.07) is 8.96. The van der Waals surface area contributed by atoms with E-state index in [2.05, 4.69) is 30.1 Å². The van der Waals surface area contributed by atoms with Crippen LogP contribution >= 0.6 is 0 Å². The number of nitrogens with zero attached hydrogens (tertiary/aromatic N) is 1. The van der Waals surface area contributed by atoms with Crippen LogP contribution in [0.25, 0.3) is 0 Å². The zero-order valence-electron chi connectivity index (χ0n) is 10.9. The molecule has 18 heavy (non-hydrogen) atoms. The van der Waals surface area contributed by atoms with Crippen LogP contribution in [0.5, 0.6) is 0 Å². The molecular formula is C15H21NO2. The second-order valence-corrected chi connectivity index (χ2v) is 5.43. The van der Waals surface area contributed by atoms with Crippen LogP contribution in [-0.2, 0) is 11.2 Å². The Labute approximate surface area is 108 Å². The Bertz CT molecular complexity index is 415. The van der Waals surface area contributed by atoms with Crippen molar-refractivity contribution < 1.29 is 9.84 Å². The molecule has 1 aromatic rings. The molecule has 98 valence electrons. The highest BCUT2D eigenvalue weighted by molar-refractivity contribution is 5.32. The molecule has 1 aliphatic heterocycles. The number of ether oxygens (including phenoxy) is 1. The van der Waals surface area contributed by atoms with Gasteiger partial charge in [-0.1, -0.05) is 24.3 Å². The lowest BCUT2D eigenvalue weighted by molar-refractivity contribution is 0.0247. The zero-order valence-corrected chi connectivity index (χ0v) is 10.9. The largest absolute Gasteiger partial charge is 0.387 e. The third-order valence-electron chi connectivity index (χ3n) is 4.45. The molecule has 1 heterocycles. The summed E-state index contributed by atoms with van der Waals surface area (Å²) < 4.78 is 5.45. The van der Waals surface area contributed by atoms with E-state index in [0.717, 1.165) is 38.0 Å². The SMILES string of the molecule is CN(C1CCOC1)C1CCc2ccccc2C1O. The van der Waals surface area contributed by atoms with Crippen LogP contribution in [0, 0.1) is 0 Å². The Morgan fingerprint density at radius 1 is 1.28 bits per heavy atom. The van der Waals surface area contributed by atoms with Crippen molar-refractivity contribution in [2.75, 3.05) is 20.3 Å². The third kappa shape index (κ3) is 2.07. The van der Waals surface area contributed by atoms with E-state index >= 15 is 0 Å². The monoisotopic (exact) mass is 247 g/mol. The lowest BCUT2D eigenvalue weighted by Gasteiger charge is -2.39. The first-order valence-electron chi connectivity index (χ1n) is 6.83. The maximum atomic E-state index is 10.6. The molecule has 3 nitrogen and oxygen atoms in total. The standard InChI is InChI=1S/C15H21NO2/c1-16(12-8-9-18-10-12)14-7-6-11-4-2-3-5-13(11)15(14)17/h2-5,12,14-15,17H,6-10H2,1H3. The summed E-state index contributed by atoms with van der Waals surface area (Å²) >= 11 is 0. The van der Waals surface area contributed by atoms with E-state index in [1.807, 2.05) is 6.07 Å². The summed E-state index contributed by atoms with van der Waals surface area (Å²) in [6.07, 6.45) is 2.82. The van der Waals surface area contributed by atoms with Crippen molar-refractivity contribution >= 4 is 0 Å². The van der Waals surface area contributed by atoms with Crippen molar-refractivity contribution in [3.63, 3.8) is 0 Å². The summed E-state index contributed by atoms with van der Waals surface area (Å²) in [6.45, 7) is 1.66. The van der Waals surface area contributed by atoms with Crippen LogP contribution in [0.1, 0.15) is 30.1 Å². The van der Waals surface area contributed by atoms with Crippen molar-refractivity contribution in [3.8, 4) is 0 Å². The second-order valence-electron chi connectivity index (χ2n) is 5.43. The van der Waals surface area contributed by atoms with Gasteiger partial charge in [-0.2, -0.15) is 0 Å². The number of fused-ring (bicyclic) bond motifs is 1. The van der Waals surface area contributed by atoms with Crippen LogP contribution in [0.4, 0.5) is 0 Å². The van der Waals surface area contributed by atoms with Gasteiger partial charge in [-0.25, -0.2) is 0 Å². The average molecular weight is 247 g/mol. The topological polar surface area (TPSA) is 32.7 Å². The summed E-state index contributed by atoms with van der Waals surface area (Å²) in [7, 11) is 2.13. The fraction of sp³-hybridized carbons (Fsp3) is 0.600. The van der Waals surface area contributed by atoms with E-state index < -0.39 is 0 Å². The average Bonchev–Trinajstić information content (AvgIpc) is 2.93. The predicted molar refractivity (Wildman–Crippen MR) is 70.5 cm³/mol. The molecule has 0 amide bonds. The maximum Gasteiger partial charge on any atom is 0.0947 e. The van der Waals surface area contributed by atoms with Crippen molar-refractivity contribution in [3.05, 3.63) is 35.4 Å². The van der Waals surface area contributed by atoms with Gasteiger partial charge in [0.1, 0.15) is 0 Å². The number of likely N-dealkylation sites (N-methyl/N-ethyl adjacent to an activating group) is 1. The number of aliphatic hydroxyl groups excluding tert-OH is 1. The molecule has 1 fully saturated rings. The second kappa shape index (κ2) is 5.00. The van der Waals surface area contributed by atoms with Crippen molar-refractivity contribution in [2.45, 2.75) is 37.5 Å². The molecule has 0 spiro atoms. The fourth-order valence-corrected chi connectivity index (χ4v) is 3.26. The molecule has 3 unspecified atom stereocenters. The number of aliphatic hydroxyl groups is 1. The van der Waals surface area contributed by atoms with Gasteiger partial charge in [0.2, 0.25) is 0 Å². The van der Waals surface area contributed by atoms with Gasteiger partial charge < -0.3 is 9.84 Å². The quantitative estimate of drug-likeness (QED) is 0.864. The van der Waals surface area contributed by atoms with Gasteiger partial charge in [-0.15, -0.1) is 0 Å². The minimum absolute atomic E-state index is 0.228. The van der Waals surface area contributed by atoms with E-state index in [9.17, 15) is 5.11 Å². The number of rotatable bonds is 2. The highest BCUT2D eigenvalue weighted by Crippen LogP contribution is 2.33. The molecule has 3 rings (SSSR count). The Morgan fingerprint density at radius 2 is 2.11 bits per heavy atom. The first-order chi connectivity index (χ1) is 8.77. The molecule has 0 aromatic heterocycles. The third-order valence-corrected chi connectivity index (χ3v) is 4.45. The van der Waals surface area contributed by atoms with E-state index in [1.54, 1.807) is 0 Å². The molecule has 0 saturated carbocycles. The summed E-state index contributed by atoms with van der Waals surface area (Å²) in [5.41, 5.74) is 2.41.